The van der Waals surface area contributed by atoms with Gasteiger partial charge in [0, 0.05) is 24.8 Å². The maximum absolute atomic E-state index is 12.2. The number of unbranched alkanes of at least 4 members (excludes halogenated alkanes) is 1. The first-order valence-electron chi connectivity index (χ1n) is 12.7. The predicted molar refractivity (Wildman–Crippen MR) is 122 cm³/mol. The highest BCUT2D eigenvalue weighted by Crippen LogP contribution is 2.73. The number of hydrogen-bond donors (Lipinski definition) is 0. The van der Waals surface area contributed by atoms with E-state index in [-0.39, 0.29) is 35.4 Å². The van der Waals surface area contributed by atoms with Crippen molar-refractivity contribution in [2.45, 2.75) is 90.2 Å². The van der Waals surface area contributed by atoms with Crippen molar-refractivity contribution >= 4 is 11.9 Å². The lowest BCUT2D eigenvalue weighted by molar-refractivity contribution is -0.256. The number of carbonyl (C=O) groups excluding carboxylic acids is 2. The number of nitrogens with zero attached hydrogens (tertiary/aromatic N) is 1. The molecule has 5 bridgehead atoms. The van der Waals surface area contributed by atoms with Crippen molar-refractivity contribution in [1.29, 1.82) is 0 Å². The zero-order valence-corrected chi connectivity index (χ0v) is 21.1. The third-order valence-electron chi connectivity index (χ3n) is 8.88. The van der Waals surface area contributed by atoms with E-state index in [1.165, 1.54) is 26.2 Å². The van der Waals surface area contributed by atoms with Crippen LogP contribution in [0.1, 0.15) is 66.7 Å². The van der Waals surface area contributed by atoms with Crippen LogP contribution in [0.4, 0.5) is 0 Å². The highest BCUT2D eigenvalue weighted by molar-refractivity contribution is 5.93. The molecule has 0 saturated carbocycles. The minimum absolute atomic E-state index is 0.134. The summed E-state index contributed by atoms with van der Waals surface area (Å²) in [5, 5.41) is 0. The molecule has 34 heavy (non-hydrogen) atoms. The van der Waals surface area contributed by atoms with Crippen molar-refractivity contribution in [3.8, 4) is 0 Å². The number of allylic oxidation sites excluding steroid dienone is 1. The summed E-state index contributed by atoms with van der Waals surface area (Å²) in [6.45, 7) is 11.0. The summed E-state index contributed by atoms with van der Waals surface area (Å²) in [4.78, 5) is 24.8. The van der Waals surface area contributed by atoms with Gasteiger partial charge in [0.25, 0.3) is 0 Å². The van der Waals surface area contributed by atoms with Crippen LogP contribution in [0.2, 0.25) is 0 Å². The Kier molecular flexibility index (Phi) is 5.75. The summed E-state index contributed by atoms with van der Waals surface area (Å²) >= 11 is 0. The van der Waals surface area contributed by atoms with Gasteiger partial charge in [-0.15, -0.1) is 0 Å². The fraction of sp³-hybridized carbons (Fsp3) is 0.769. The molecule has 0 N–H and O–H groups in total. The molecule has 0 aromatic carbocycles. The first-order valence-corrected chi connectivity index (χ1v) is 12.7. The Labute approximate surface area is 201 Å². The van der Waals surface area contributed by atoms with Gasteiger partial charge >= 0.3 is 11.9 Å². The lowest BCUT2D eigenvalue weighted by atomic mass is 9.69. The number of hydrogen-bond acceptors (Lipinski definition) is 8. The largest absolute Gasteiger partial charge is 0.492 e. The van der Waals surface area contributed by atoms with E-state index < -0.39 is 5.79 Å². The van der Waals surface area contributed by atoms with Crippen molar-refractivity contribution in [2.75, 3.05) is 20.3 Å². The Balaban J connectivity index is 0.000000360. The van der Waals surface area contributed by atoms with Crippen LogP contribution in [0, 0.1) is 17.8 Å². The molecule has 1 spiro atoms. The van der Waals surface area contributed by atoms with Crippen molar-refractivity contribution in [3.63, 3.8) is 0 Å². The van der Waals surface area contributed by atoms with E-state index in [9.17, 15) is 9.59 Å². The fourth-order valence-electron chi connectivity index (χ4n) is 7.84. The molecular formula is C26H37NO7. The molecule has 0 aromatic rings. The maximum Gasteiger partial charge on any atom is 0.343 e. The van der Waals surface area contributed by atoms with Crippen LogP contribution in [0.5, 0.6) is 0 Å². The van der Waals surface area contributed by atoms with Gasteiger partial charge in [-0.25, -0.2) is 4.79 Å². The first-order chi connectivity index (χ1) is 16.3. The van der Waals surface area contributed by atoms with Crippen LogP contribution in [0.15, 0.2) is 22.9 Å². The number of piperidine rings is 1. The second kappa shape index (κ2) is 8.26. The fourth-order valence-corrected chi connectivity index (χ4v) is 7.84. The maximum atomic E-state index is 12.2. The van der Waals surface area contributed by atoms with E-state index in [2.05, 4.69) is 23.5 Å². The Morgan fingerprint density at radius 2 is 2.06 bits per heavy atom. The van der Waals surface area contributed by atoms with E-state index in [4.69, 9.17) is 18.9 Å². The van der Waals surface area contributed by atoms with Crippen LogP contribution < -0.4 is 0 Å². The Hall–Kier alpha value is -2.06. The predicted octanol–water partition coefficient (Wildman–Crippen LogP) is 3.66. The van der Waals surface area contributed by atoms with E-state index in [0.29, 0.717) is 35.7 Å². The molecule has 5 saturated heterocycles. The minimum atomic E-state index is -0.558. The molecule has 8 heteroatoms. The van der Waals surface area contributed by atoms with Gasteiger partial charge in [-0.2, -0.15) is 0 Å². The van der Waals surface area contributed by atoms with Crippen LogP contribution in [0.3, 0.4) is 0 Å². The second-order valence-corrected chi connectivity index (χ2v) is 10.3. The van der Waals surface area contributed by atoms with E-state index in [0.717, 1.165) is 25.1 Å². The van der Waals surface area contributed by atoms with Crippen LogP contribution in [0.25, 0.3) is 0 Å². The third kappa shape index (κ3) is 2.90. The molecule has 0 aromatic heterocycles. The molecule has 5 fully saturated rings. The van der Waals surface area contributed by atoms with E-state index in [1.54, 1.807) is 21.0 Å². The SMILES string of the molecule is CCCC[C@@]12[C@@H]3C[C@H]4[C@H]5[C@H](C)/C(=C6/OC(=O)C(C)=C6OC)O[C@]5(O3)[C@@H]1CCN42.CCOC(C)=O. The molecule has 0 aliphatic carbocycles. The zero-order chi connectivity index (χ0) is 24.4. The number of fused-ring (bicyclic) bond motifs is 1. The Bertz CT molecular complexity index is 957. The Morgan fingerprint density at radius 1 is 1.29 bits per heavy atom. The number of ether oxygens (including phenoxy) is 5. The summed E-state index contributed by atoms with van der Waals surface area (Å²) in [5.41, 5.74) is 0.659. The number of cyclic esters (lactones) is 1. The van der Waals surface area contributed by atoms with Gasteiger partial charge in [0.05, 0.1) is 36.9 Å². The van der Waals surface area contributed by atoms with Gasteiger partial charge in [-0.05, 0) is 39.7 Å². The van der Waals surface area contributed by atoms with Gasteiger partial charge in [0.15, 0.2) is 5.76 Å². The van der Waals surface area contributed by atoms with E-state index >= 15 is 0 Å². The topological polar surface area (TPSA) is 83.5 Å². The molecule has 0 radical (unpaired) electrons. The molecule has 188 valence electrons. The minimum Gasteiger partial charge on any atom is -0.492 e. The molecule has 8 nitrogen and oxygen atoms in total. The Morgan fingerprint density at radius 3 is 2.68 bits per heavy atom. The molecule has 6 heterocycles. The lowest BCUT2D eigenvalue weighted by Gasteiger charge is -2.48. The highest BCUT2D eigenvalue weighted by Gasteiger charge is 2.84. The highest BCUT2D eigenvalue weighted by atomic mass is 16.7. The van der Waals surface area contributed by atoms with Gasteiger partial charge in [0.1, 0.15) is 5.76 Å². The van der Waals surface area contributed by atoms with E-state index in [1.807, 2.05) is 0 Å². The molecule has 6 rings (SSSR count). The molecule has 6 aliphatic rings. The van der Waals surface area contributed by atoms with Crippen molar-refractivity contribution in [1.82, 2.24) is 4.90 Å². The number of methoxy groups -OCH3 is 1. The second-order valence-electron chi connectivity index (χ2n) is 10.3. The van der Waals surface area contributed by atoms with Crippen molar-refractivity contribution < 1.29 is 33.3 Å². The number of rotatable bonds is 5. The zero-order valence-electron chi connectivity index (χ0n) is 21.1. The number of esters is 2. The molecule has 8 atom stereocenters. The average Bonchev–Trinajstić information content (AvgIpc) is 3.50. The lowest BCUT2D eigenvalue weighted by Crippen LogP contribution is -2.61. The van der Waals surface area contributed by atoms with Gasteiger partial charge < -0.3 is 23.7 Å². The molecule has 6 aliphatic heterocycles. The summed E-state index contributed by atoms with van der Waals surface area (Å²) in [6.07, 6.45) is 6.15. The normalized spacial score (nSPS) is 44.6. The standard InChI is InChI=1S/C22H29NO5.C4H8O2/c1-5-6-8-21-14-7-9-23(21)13-10-15(21)27-22(14)16(13)11(2)18(28-22)19-17(25-4)12(3)20(24)26-19;1-3-6-4(2)5/h11,13-16H,5-10H2,1-4H3;3H2,1-2H3/b19-18-;/t11-,13-,14+,15-,16+,21-,22+;/m0./s1. The summed E-state index contributed by atoms with van der Waals surface area (Å²) in [5.74, 6) is 1.43. The molecular weight excluding hydrogens is 438 g/mol. The molecule has 1 unspecified atom stereocenters. The monoisotopic (exact) mass is 475 g/mol. The van der Waals surface area contributed by atoms with Crippen molar-refractivity contribution in [2.24, 2.45) is 17.8 Å². The van der Waals surface area contributed by atoms with Crippen LogP contribution in [-0.2, 0) is 33.3 Å². The van der Waals surface area contributed by atoms with Gasteiger partial charge in [-0.3, -0.25) is 9.69 Å². The third-order valence-corrected chi connectivity index (χ3v) is 8.88. The quantitative estimate of drug-likeness (QED) is 0.557. The van der Waals surface area contributed by atoms with Crippen molar-refractivity contribution in [3.05, 3.63) is 22.9 Å². The first kappa shape index (κ1) is 23.7. The summed E-state index contributed by atoms with van der Waals surface area (Å²) < 4.78 is 29.1. The molecule has 0 amide bonds. The smallest absolute Gasteiger partial charge is 0.343 e. The van der Waals surface area contributed by atoms with Crippen LogP contribution in [-0.4, -0.2) is 60.6 Å². The average molecular weight is 476 g/mol. The number of carbonyl (C=O) groups is 2. The van der Waals surface area contributed by atoms with Crippen LogP contribution >= 0.6 is 0 Å². The van der Waals surface area contributed by atoms with Gasteiger partial charge in [-0.1, -0.05) is 26.7 Å². The summed E-state index contributed by atoms with van der Waals surface area (Å²) in [6, 6.07) is 0.496. The van der Waals surface area contributed by atoms with Gasteiger partial charge in [0.2, 0.25) is 11.5 Å². The summed E-state index contributed by atoms with van der Waals surface area (Å²) in [7, 11) is 1.58.